The van der Waals surface area contributed by atoms with E-state index in [0.29, 0.717) is 42.7 Å². The fraction of sp³-hybridized carbons (Fsp3) is 0.471. The highest BCUT2D eigenvalue weighted by atomic mass is 32.2. The molecule has 10 heteroatoms. The first-order chi connectivity index (χ1) is 12.8. The predicted octanol–water partition coefficient (Wildman–Crippen LogP) is 1.12. The van der Waals surface area contributed by atoms with Crippen molar-refractivity contribution in [2.75, 3.05) is 31.3 Å². The molecule has 146 valence electrons. The van der Waals surface area contributed by atoms with E-state index in [9.17, 15) is 18.0 Å². The van der Waals surface area contributed by atoms with E-state index in [-0.39, 0.29) is 18.4 Å². The van der Waals surface area contributed by atoms with Crippen LogP contribution in [0.2, 0.25) is 0 Å². The van der Waals surface area contributed by atoms with Crippen LogP contribution in [0.5, 0.6) is 0 Å². The van der Waals surface area contributed by atoms with E-state index in [1.165, 1.54) is 21.3 Å². The van der Waals surface area contributed by atoms with Crippen LogP contribution in [0.15, 0.2) is 24.5 Å². The zero-order valence-electron chi connectivity index (χ0n) is 15.2. The van der Waals surface area contributed by atoms with Gasteiger partial charge in [-0.2, -0.15) is 5.10 Å². The number of fused-ring (bicyclic) bond motifs is 1. The second kappa shape index (κ2) is 7.65. The first-order valence-corrected chi connectivity index (χ1v) is 10.5. The van der Waals surface area contributed by atoms with Gasteiger partial charge in [0.2, 0.25) is 15.9 Å². The Morgan fingerprint density at radius 2 is 2.04 bits per heavy atom. The summed E-state index contributed by atoms with van der Waals surface area (Å²) >= 11 is 0. The zero-order valence-corrected chi connectivity index (χ0v) is 16.0. The Labute approximate surface area is 157 Å². The maximum absolute atomic E-state index is 12.5. The molecule has 1 aliphatic heterocycles. The van der Waals surface area contributed by atoms with E-state index < -0.39 is 16.0 Å². The Morgan fingerprint density at radius 1 is 1.33 bits per heavy atom. The predicted molar refractivity (Wildman–Crippen MR) is 98.9 cm³/mol. The molecule has 0 atom stereocenters. The molecule has 27 heavy (non-hydrogen) atoms. The van der Waals surface area contributed by atoms with E-state index in [0.717, 1.165) is 0 Å². The van der Waals surface area contributed by atoms with E-state index in [2.05, 4.69) is 10.4 Å². The summed E-state index contributed by atoms with van der Waals surface area (Å²) in [6.45, 7) is 2.67. The maximum Gasteiger partial charge on any atom is 0.341 e. The Hall–Kier alpha value is -2.46. The third kappa shape index (κ3) is 4.28. The van der Waals surface area contributed by atoms with Gasteiger partial charge in [0.15, 0.2) is 0 Å². The summed E-state index contributed by atoms with van der Waals surface area (Å²) in [4.78, 5) is 24.5. The van der Waals surface area contributed by atoms with Crippen LogP contribution in [0.3, 0.4) is 0 Å². The molecule has 2 aromatic rings. The van der Waals surface area contributed by atoms with Crippen LogP contribution in [-0.2, 0) is 19.6 Å². The van der Waals surface area contributed by atoms with Crippen molar-refractivity contribution in [3.05, 3.63) is 30.1 Å². The number of sulfonamides is 1. The third-order valence-corrected chi connectivity index (χ3v) is 5.88. The fourth-order valence-electron chi connectivity index (χ4n) is 3.12. The van der Waals surface area contributed by atoms with E-state index in [1.54, 1.807) is 25.3 Å². The Bertz CT molecular complexity index is 961. The van der Waals surface area contributed by atoms with Crippen LogP contribution in [0.1, 0.15) is 30.1 Å². The molecule has 0 saturated carbocycles. The normalized spacial score (nSPS) is 16.4. The molecular weight excluding hydrogens is 372 g/mol. The molecule has 1 aliphatic rings. The summed E-state index contributed by atoms with van der Waals surface area (Å²) in [5.41, 5.74) is 1.41. The summed E-state index contributed by atoms with van der Waals surface area (Å²) in [6, 6.07) is 3.36. The average molecular weight is 394 g/mol. The van der Waals surface area contributed by atoms with Gasteiger partial charge in [-0.3, -0.25) is 4.79 Å². The summed E-state index contributed by atoms with van der Waals surface area (Å²) in [7, 11) is -3.22. The molecule has 0 aromatic carbocycles. The third-order valence-electron chi connectivity index (χ3n) is 4.58. The molecule has 0 radical (unpaired) electrons. The van der Waals surface area contributed by atoms with Gasteiger partial charge >= 0.3 is 5.97 Å². The Kier molecular flexibility index (Phi) is 5.47. The second-order valence-electron chi connectivity index (χ2n) is 6.45. The lowest BCUT2D eigenvalue weighted by Gasteiger charge is -2.29. The number of hydrogen-bond donors (Lipinski definition) is 1. The van der Waals surface area contributed by atoms with Gasteiger partial charge in [0, 0.05) is 30.9 Å². The molecule has 0 aliphatic carbocycles. The van der Waals surface area contributed by atoms with Crippen LogP contribution < -0.4 is 5.32 Å². The van der Waals surface area contributed by atoms with Crippen molar-refractivity contribution in [2.45, 2.75) is 19.8 Å². The van der Waals surface area contributed by atoms with Gasteiger partial charge in [-0.1, -0.05) is 0 Å². The van der Waals surface area contributed by atoms with Crippen LogP contribution in [0, 0.1) is 5.92 Å². The molecule has 2 aromatic heterocycles. The number of amides is 1. The number of nitrogens with one attached hydrogen (secondary N) is 1. The molecule has 9 nitrogen and oxygen atoms in total. The van der Waals surface area contributed by atoms with E-state index in [4.69, 9.17) is 4.74 Å². The number of rotatable bonds is 5. The van der Waals surface area contributed by atoms with Crippen molar-refractivity contribution < 1.29 is 22.7 Å². The molecule has 1 N–H and O–H groups in total. The van der Waals surface area contributed by atoms with Gasteiger partial charge in [-0.05, 0) is 31.9 Å². The maximum atomic E-state index is 12.5. The number of nitrogens with zero attached hydrogens (tertiary/aromatic N) is 3. The number of esters is 1. The minimum atomic E-state index is -3.22. The van der Waals surface area contributed by atoms with Crippen LogP contribution >= 0.6 is 0 Å². The highest BCUT2D eigenvalue weighted by Crippen LogP contribution is 2.22. The first-order valence-electron chi connectivity index (χ1n) is 8.70. The summed E-state index contributed by atoms with van der Waals surface area (Å²) < 4.78 is 31.1. The van der Waals surface area contributed by atoms with Crippen molar-refractivity contribution in [1.82, 2.24) is 13.9 Å². The molecule has 0 unspecified atom stereocenters. The molecule has 3 rings (SSSR count). The minimum absolute atomic E-state index is 0.162. The van der Waals surface area contributed by atoms with E-state index in [1.807, 2.05) is 0 Å². The highest BCUT2D eigenvalue weighted by Gasteiger charge is 2.29. The van der Waals surface area contributed by atoms with Crippen LogP contribution in [0.4, 0.5) is 5.69 Å². The van der Waals surface area contributed by atoms with Gasteiger partial charge in [0.05, 0.1) is 24.6 Å². The second-order valence-corrected chi connectivity index (χ2v) is 8.43. The number of aromatic nitrogens is 2. The molecule has 1 fully saturated rings. The fourth-order valence-corrected chi connectivity index (χ4v) is 3.99. The summed E-state index contributed by atoms with van der Waals surface area (Å²) in [5.74, 6) is -0.887. The smallest absolute Gasteiger partial charge is 0.341 e. The summed E-state index contributed by atoms with van der Waals surface area (Å²) in [6.07, 6.45) is 5.21. The number of carbonyl (C=O) groups excluding carboxylic acids is 2. The quantitative estimate of drug-likeness (QED) is 0.761. The standard InChI is InChI=1S/C17H22N4O5S/c1-3-26-17(23)14-11-18-21-9-6-13(10-15(14)21)19-16(22)12-4-7-20(8-5-12)27(2,24)25/h6,9-12H,3-5,7-8H2,1-2H3,(H,19,22). The van der Waals surface area contributed by atoms with Gasteiger partial charge < -0.3 is 10.1 Å². The monoisotopic (exact) mass is 394 g/mol. The van der Waals surface area contributed by atoms with Gasteiger partial charge in [-0.25, -0.2) is 22.0 Å². The van der Waals surface area contributed by atoms with Crippen molar-refractivity contribution >= 4 is 33.1 Å². The minimum Gasteiger partial charge on any atom is -0.462 e. The largest absolute Gasteiger partial charge is 0.462 e. The Morgan fingerprint density at radius 3 is 2.67 bits per heavy atom. The van der Waals surface area contributed by atoms with Crippen LogP contribution in [-0.4, -0.2) is 60.2 Å². The number of piperidine rings is 1. The van der Waals surface area contributed by atoms with Crippen LogP contribution in [0.25, 0.3) is 5.52 Å². The van der Waals surface area contributed by atoms with Gasteiger partial charge in [-0.15, -0.1) is 0 Å². The molecular formula is C17H22N4O5S. The molecule has 3 heterocycles. The molecule has 0 bridgehead atoms. The topological polar surface area (TPSA) is 110 Å². The van der Waals surface area contributed by atoms with Crippen molar-refractivity contribution in [3.63, 3.8) is 0 Å². The van der Waals surface area contributed by atoms with Gasteiger partial charge in [0.1, 0.15) is 5.56 Å². The average Bonchev–Trinajstić information content (AvgIpc) is 3.04. The SMILES string of the molecule is CCOC(=O)c1cnn2ccc(NC(=O)C3CCN(S(C)(=O)=O)CC3)cc12. The first kappa shape index (κ1) is 19.3. The van der Waals surface area contributed by atoms with Crippen molar-refractivity contribution in [3.8, 4) is 0 Å². The number of carbonyl (C=O) groups is 2. The van der Waals surface area contributed by atoms with Gasteiger partial charge in [0.25, 0.3) is 0 Å². The number of pyridine rings is 1. The molecule has 1 saturated heterocycles. The highest BCUT2D eigenvalue weighted by molar-refractivity contribution is 7.88. The number of anilines is 1. The lowest BCUT2D eigenvalue weighted by atomic mass is 9.97. The number of hydrogen-bond acceptors (Lipinski definition) is 6. The van der Waals surface area contributed by atoms with Crippen molar-refractivity contribution in [2.24, 2.45) is 5.92 Å². The Balaban J connectivity index is 1.70. The lowest BCUT2D eigenvalue weighted by Crippen LogP contribution is -2.40. The lowest BCUT2D eigenvalue weighted by molar-refractivity contribution is -0.120. The number of ether oxygens (including phenoxy) is 1. The van der Waals surface area contributed by atoms with E-state index >= 15 is 0 Å². The zero-order chi connectivity index (χ0) is 19.6. The van der Waals surface area contributed by atoms with Crippen molar-refractivity contribution in [1.29, 1.82) is 0 Å². The summed E-state index contributed by atoms with van der Waals surface area (Å²) in [5, 5.41) is 6.95. The molecule has 1 amide bonds. The molecule has 0 spiro atoms.